The van der Waals surface area contributed by atoms with Crippen molar-refractivity contribution in [1.82, 2.24) is 9.97 Å². The standard InChI is InChI=1S/C38H14Cl2N4O8S2/c39-17-1-7-27-15(9-17)11-23(35(49)51-27)25-13-53-37(41-25)43-31(45)19-3-5-21-30-22(6-4-20(29(19)30)32(43)46)34(48)44(33(21)47)38-42-26(14-54-38)24-12-16-10-18(40)2-8-28(16)52-36(24)50/h1-14H. The number of aromatic nitrogens is 2. The van der Waals surface area contributed by atoms with E-state index in [1.54, 1.807) is 48.5 Å². The van der Waals surface area contributed by atoms with E-state index in [9.17, 15) is 28.8 Å². The Hall–Kier alpha value is -6.32. The second-order valence-corrected chi connectivity index (χ2v) is 14.8. The third kappa shape index (κ3) is 4.67. The van der Waals surface area contributed by atoms with E-state index in [2.05, 4.69) is 9.97 Å². The lowest BCUT2D eigenvalue weighted by Crippen LogP contribution is -2.43. The Labute approximate surface area is 318 Å². The number of amides is 4. The fraction of sp³-hybridized carbons (Fsp3) is 0. The first-order valence-electron chi connectivity index (χ1n) is 15.8. The molecule has 0 bridgehead atoms. The highest BCUT2D eigenvalue weighted by atomic mass is 35.5. The predicted octanol–water partition coefficient (Wildman–Crippen LogP) is 8.21. The van der Waals surface area contributed by atoms with E-state index in [-0.39, 0.29) is 65.8 Å². The molecule has 6 heterocycles. The first kappa shape index (κ1) is 32.3. The molecule has 2 aliphatic rings. The van der Waals surface area contributed by atoms with E-state index in [4.69, 9.17) is 32.0 Å². The molecular weight excluding hydrogens is 775 g/mol. The summed E-state index contributed by atoms with van der Waals surface area (Å²) in [4.78, 5) is 92.6. The molecule has 260 valence electrons. The molecule has 54 heavy (non-hydrogen) atoms. The maximum atomic E-state index is 14.0. The van der Waals surface area contributed by atoms with Crippen LogP contribution in [-0.4, -0.2) is 33.6 Å². The normalized spacial score (nSPS) is 14.0. The molecule has 8 aromatic rings. The van der Waals surface area contributed by atoms with Gasteiger partial charge in [0.15, 0.2) is 10.3 Å². The summed E-state index contributed by atoms with van der Waals surface area (Å²) >= 11 is 14.2. The highest BCUT2D eigenvalue weighted by Crippen LogP contribution is 2.42. The average Bonchev–Trinajstić information content (AvgIpc) is 3.84. The monoisotopic (exact) mass is 788 g/mol. The van der Waals surface area contributed by atoms with Gasteiger partial charge >= 0.3 is 11.3 Å². The van der Waals surface area contributed by atoms with Gasteiger partial charge in [-0.2, -0.15) is 0 Å². The van der Waals surface area contributed by atoms with E-state index < -0.39 is 34.9 Å². The minimum Gasteiger partial charge on any atom is -0.422 e. The van der Waals surface area contributed by atoms with Gasteiger partial charge in [0, 0.05) is 64.6 Å². The van der Waals surface area contributed by atoms with Gasteiger partial charge in [0.05, 0.1) is 22.5 Å². The minimum atomic E-state index is -0.725. The number of rotatable bonds is 4. The molecule has 4 amide bonds. The number of benzene rings is 4. The quantitative estimate of drug-likeness (QED) is 0.126. The third-order valence-corrected chi connectivity index (χ3v) is 11.3. The Bertz CT molecular complexity index is 2920. The van der Waals surface area contributed by atoms with Gasteiger partial charge in [-0.3, -0.25) is 19.2 Å². The topological polar surface area (TPSA) is 161 Å². The van der Waals surface area contributed by atoms with Crippen LogP contribution in [0.15, 0.2) is 102 Å². The van der Waals surface area contributed by atoms with E-state index in [0.29, 0.717) is 32.0 Å². The summed E-state index contributed by atoms with van der Waals surface area (Å²) < 4.78 is 10.9. The average molecular weight is 790 g/mol. The number of carbonyl (C=O) groups is 4. The summed E-state index contributed by atoms with van der Waals surface area (Å²) in [6, 6.07) is 18.5. The SMILES string of the molecule is O=C1c2ccc3c4c(ccc(c24)C(=O)N1c1nc(-c2cc4cc(Cl)ccc4oc2=O)cs1)C(=O)N(c1nc(-c2cc4cc(Cl)ccc4oc2=O)cs1)C3=O. The summed E-state index contributed by atoms with van der Waals surface area (Å²) in [6.07, 6.45) is 0. The Morgan fingerprint density at radius 3 is 1.22 bits per heavy atom. The predicted molar refractivity (Wildman–Crippen MR) is 203 cm³/mol. The molecule has 12 nitrogen and oxygen atoms in total. The van der Waals surface area contributed by atoms with Crippen LogP contribution >= 0.6 is 45.9 Å². The van der Waals surface area contributed by atoms with Gasteiger partial charge in [0.2, 0.25) is 0 Å². The molecule has 2 aliphatic heterocycles. The Kier molecular flexibility index (Phi) is 6.94. The number of nitrogens with zero attached hydrogens (tertiary/aromatic N) is 4. The summed E-state index contributed by atoms with van der Waals surface area (Å²) in [7, 11) is 0. The van der Waals surface area contributed by atoms with Gasteiger partial charge in [-0.1, -0.05) is 23.2 Å². The van der Waals surface area contributed by atoms with Crippen LogP contribution in [0.25, 0.3) is 55.2 Å². The van der Waals surface area contributed by atoms with Crippen molar-refractivity contribution >= 4 is 112 Å². The van der Waals surface area contributed by atoms with Crippen molar-refractivity contribution in [1.29, 1.82) is 0 Å². The van der Waals surface area contributed by atoms with Crippen LogP contribution in [0.5, 0.6) is 0 Å². The van der Waals surface area contributed by atoms with E-state index in [0.717, 1.165) is 32.5 Å². The number of anilines is 2. The largest absolute Gasteiger partial charge is 0.422 e. The fourth-order valence-corrected chi connectivity index (χ4v) is 8.75. The van der Waals surface area contributed by atoms with Crippen molar-refractivity contribution < 1.29 is 28.0 Å². The Balaban J connectivity index is 1.01. The number of thiazole rings is 2. The molecule has 4 aromatic carbocycles. The van der Waals surface area contributed by atoms with E-state index >= 15 is 0 Å². The van der Waals surface area contributed by atoms with Crippen LogP contribution in [0.2, 0.25) is 10.0 Å². The van der Waals surface area contributed by atoms with Gasteiger partial charge in [0.25, 0.3) is 23.6 Å². The zero-order valence-electron chi connectivity index (χ0n) is 26.7. The number of fused-ring (bicyclic) bond motifs is 2. The lowest BCUT2D eigenvalue weighted by atomic mass is 9.86. The summed E-state index contributed by atoms with van der Waals surface area (Å²) in [5.74, 6) is -2.90. The molecule has 0 atom stereocenters. The van der Waals surface area contributed by atoms with Crippen molar-refractivity contribution in [2.45, 2.75) is 0 Å². The first-order valence-corrected chi connectivity index (χ1v) is 18.3. The fourth-order valence-electron chi connectivity index (χ4n) is 6.75. The molecule has 16 heteroatoms. The van der Waals surface area contributed by atoms with Gasteiger partial charge in [0.1, 0.15) is 11.2 Å². The van der Waals surface area contributed by atoms with Gasteiger partial charge in [-0.15, -0.1) is 22.7 Å². The summed E-state index contributed by atoms with van der Waals surface area (Å²) in [5, 5.41) is 5.41. The molecule has 10 rings (SSSR count). The van der Waals surface area contributed by atoms with Crippen LogP contribution in [-0.2, 0) is 0 Å². The number of imide groups is 2. The zero-order valence-corrected chi connectivity index (χ0v) is 29.9. The van der Waals surface area contributed by atoms with Gasteiger partial charge in [-0.05, 0) is 72.8 Å². The molecule has 0 saturated heterocycles. The van der Waals surface area contributed by atoms with Gasteiger partial charge in [-0.25, -0.2) is 29.4 Å². The van der Waals surface area contributed by atoms with Crippen LogP contribution in [0, 0.1) is 0 Å². The molecule has 0 fully saturated rings. The number of hydrogen-bond acceptors (Lipinski definition) is 12. The van der Waals surface area contributed by atoms with Crippen molar-refractivity contribution in [3.05, 3.63) is 137 Å². The summed E-state index contributed by atoms with van der Waals surface area (Å²) in [6.45, 7) is 0. The molecule has 0 N–H and O–H groups in total. The molecular formula is C38H14Cl2N4O8S2. The van der Waals surface area contributed by atoms with E-state index in [1.807, 2.05) is 0 Å². The Morgan fingerprint density at radius 1 is 0.481 bits per heavy atom. The Morgan fingerprint density at radius 2 is 0.852 bits per heavy atom. The van der Waals surface area contributed by atoms with Crippen molar-refractivity contribution in [3.63, 3.8) is 0 Å². The van der Waals surface area contributed by atoms with Crippen molar-refractivity contribution in [3.8, 4) is 22.5 Å². The minimum absolute atomic E-state index is 0.00564. The molecule has 0 radical (unpaired) electrons. The maximum Gasteiger partial charge on any atom is 0.345 e. The lowest BCUT2D eigenvalue weighted by Gasteiger charge is -2.30. The van der Waals surface area contributed by atoms with Crippen LogP contribution in [0.3, 0.4) is 0 Å². The zero-order chi connectivity index (χ0) is 37.2. The molecule has 0 aliphatic carbocycles. The first-order chi connectivity index (χ1) is 26.0. The second kappa shape index (κ2) is 11.6. The van der Waals surface area contributed by atoms with Crippen LogP contribution in [0.4, 0.5) is 10.3 Å². The summed E-state index contributed by atoms with van der Waals surface area (Å²) in [5.41, 5.74) is 0.264. The van der Waals surface area contributed by atoms with Crippen LogP contribution in [0.1, 0.15) is 41.4 Å². The van der Waals surface area contributed by atoms with Crippen molar-refractivity contribution in [2.75, 3.05) is 9.80 Å². The smallest absolute Gasteiger partial charge is 0.345 e. The lowest BCUT2D eigenvalue weighted by molar-refractivity contribution is 0.0873. The number of hydrogen-bond donors (Lipinski definition) is 0. The molecule has 0 spiro atoms. The number of carbonyl (C=O) groups excluding carboxylic acids is 4. The van der Waals surface area contributed by atoms with E-state index in [1.165, 1.54) is 35.0 Å². The maximum absolute atomic E-state index is 14.0. The molecule has 0 saturated carbocycles. The highest BCUT2D eigenvalue weighted by Gasteiger charge is 2.42. The van der Waals surface area contributed by atoms with Crippen molar-refractivity contribution in [2.24, 2.45) is 0 Å². The number of halogens is 2. The second-order valence-electron chi connectivity index (χ2n) is 12.3. The van der Waals surface area contributed by atoms with Gasteiger partial charge < -0.3 is 8.83 Å². The molecule has 4 aromatic heterocycles. The molecule has 0 unspecified atom stereocenters. The third-order valence-electron chi connectivity index (χ3n) is 9.20. The highest BCUT2D eigenvalue weighted by molar-refractivity contribution is 7.15. The van der Waals surface area contributed by atoms with Crippen LogP contribution < -0.4 is 21.1 Å².